The molecule has 2 saturated carbocycles. The van der Waals surface area contributed by atoms with E-state index in [4.69, 9.17) is 28.2 Å². The van der Waals surface area contributed by atoms with Gasteiger partial charge in [0, 0.05) is 50.0 Å². The van der Waals surface area contributed by atoms with Crippen molar-refractivity contribution in [3.05, 3.63) is 45.4 Å². The van der Waals surface area contributed by atoms with Gasteiger partial charge in [0.2, 0.25) is 11.9 Å². The number of amides is 2. The molecule has 2 amide bonds. The maximum absolute atomic E-state index is 13.8. The molecule has 1 aromatic heterocycles. The lowest BCUT2D eigenvalue weighted by atomic mass is 9.68. The first-order chi connectivity index (χ1) is 22.5. The maximum Gasteiger partial charge on any atom is 0.391 e. The van der Waals surface area contributed by atoms with Crippen LogP contribution in [-0.2, 0) is 18.4 Å². The zero-order chi connectivity index (χ0) is 34.7. The fourth-order valence-electron chi connectivity index (χ4n) is 7.07. The quantitative estimate of drug-likeness (QED) is 0.211. The third-order valence-electron chi connectivity index (χ3n) is 10.1. The highest BCUT2D eigenvalue weighted by atomic mass is 35.5. The number of hydrogen-bond acceptors (Lipinski definition) is 6. The second-order valence-electron chi connectivity index (χ2n) is 14.5. The van der Waals surface area contributed by atoms with Gasteiger partial charge in [-0.3, -0.25) is 9.59 Å². The molecular weight excluding hydrogens is 668 g/mol. The smallest absolute Gasteiger partial charge is 0.391 e. The van der Waals surface area contributed by atoms with Crippen LogP contribution in [0, 0.1) is 23.2 Å². The molecule has 0 spiro atoms. The third kappa shape index (κ3) is 6.80. The van der Waals surface area contributed by atoms with Crippen LogP contribution < -0.4 is 20.9 Å². The second kappa shape index (κ2) is 12.9. The molecule has 7 rings (SSSR count). The lowest BCUT2D eigenvalue weighted by molar-refractivity contribution is -0.182. The summed E-state index contributed by atoms with van der Waals surface area (Å²) in [5.41, 5.74) is 2.84. The van der Waals surface area contributed by atoms with E-state index in [-0.39, 0.29) is 68.0 Å². The van der Waals surface area contributed by atoms with E-state index in [0.717, 1.165) is 11.9 Å². The molecule has 3 atom stereocenters. The Balaban J connectivity index is 1.29. The average molecular weight is 710 g/mol. The summed E-state index contributed by atoms with van der Waals surface area (Å²) in [6.45, 7) is 6.86. The summed E-state index contributed by atoms with van der Waals surface area (Å²) in [6.07, 6.45) is -3.17. The second-order valence-corrected chi connectivity index (χ2v) is 15.3. The predicted octanol–water partition coefficient (Wildman–Crippen LogP) is 6.95. The molecule has 48 heavy (non-hydrogen) atoms. The van der Waals surface area contributed by atoms with E-state index in [1.807, 2.05) is 38.5 Å². The number of alkyl halides is 3. The number of fused-ring (bicyclic) bond motifs is 3. The van der Waals surface area contributed by atoms with Gasteiger partial charge in [0.1, 0.15) is 0 Å². The van der Waals surface area contributed by atoms with Crippen molar-refractivity contribution in [3.8, 4) is 0 Å². The van der Waals surface area contributed by atoms with Crippen molar-refractivity contribution in [2.24, 2.45) is 30.2 Å². The monoisotopic (exact) mass is 708 g/mol. The van der Waals surface area contributed by atoms with Gasteiger partial charge in [-0.05, 0) is 55.9 Å². The Morgan fingerprint density at radius 1 is 1.04 bits per heavy atom. The highest BCUT2D eigenvalue weighted by Crippen LogP contribution is 2.44. The number of carbonyl (C=O) groups excluding carboxylic acids is 2. The number of aliphatic hydroxyl groups is 1. The number of carbonyl (C=O) groups is 2. The van der Waals surface area contributed by atoms with Gasteiger partial charge in [-0.15, -0.1) is 0 Å². The van der Waals surface area contributed by atoms with Gasteiger partial charge < -0.3 is 30.5 Å². The number of aliphatic hydroxyl groups excluding tert-OH is 1. The van der Waals surface area contributed by atoms with E-state index in [1.54, 1.807) is 18.2 Å². The summed E-state index contributed by atoms with van der Waals surface area (Å²) < 4.78 is 41.6. The minimum atomic E-state index is -4.23. The van der Waals surface area contributed by atoms with Crippen molar-refractivity contribution in [2.75, 3.05) is 23.3 Å². The van der Waals surface area contributed by atoms with Crippen LogP contribution in [-0.4, -0.2) is 57.9 Å². The minimum absolute atomic E-state index is 0.0156. The Kier molecular flexibility index (Phi) is 9.32. The number of aryl methyl sites for hydroxylation is 1. The van der Waals surface area contributed by atoms with Gasteiger partial charge in [0.05, 0.1) is 50.0 Å². The summed E-state index contributed by atoms with van der Waals surface area (Å²) in [6, 6.07) is 6.70. The van der Waals surface area contributed by atoms with E-state index >= 15 is 0 Å². The van der Waals surface area contributed by atoms with E-state index in [1.165, 1.54) is 0 Å². The SMILES string of the molecule is Cn1c(Nc2c(Cl)ccc(CNC(=O)C(C)(C)C)c2Cl)nc2cc(C(=O)NC3CCC(C(F)(F)F)CC3)c(N3C[C@H]4C[C@@H](C3)C4O)cc21. The molecule has 2 saturated heterocycles. The van der Waals surface area contributed by atoms with E-state index in [9.17, 15) is 27.9 Å². The zero-order valence-corrected chi connectivity index (χ0v) is 28.9. The Morgan fingerprint density at radius 2 is 1.71 bits per heavy atom. The van der Waals surface area contributed by atoms with Crippen LogP contribution >= 0.6 is 23.2 Å². The maximum atomic E-state index is 13.8. The molecule has 4 fully saturated rings. The van der Waals surface area contributed by atoms with Gasteiger partial charge in [-0.1, -0.05) is 50.0 Å². The summed E-state index contributed by atoms with van der Waals surface area (Å²) in [5.74, 6) is -1.19. The van der Waals surface area contributed by atoms with Crippen molar-refractivity contribution < 1.29 is 27.9 Å². The van der Waals surface area contributed by atoms with Crippen LogP contribution in [0.4, 0.5) is 30.5 Å². The molecule has 0 radical (unpaired) electrons. The standard InChI is InChI=1S/C34H41Cl2F3N6O3/c1-33(2,3)31(48)40-14-17-5-10-23(35)28(27(17)36)43-32-42-24-12-22(30(47)41-21-8-6-20(7-9-21)34(37,38)39)25(13-26(24)44(32)4)45-15-18-11-19(16-45)29(18)46/h5,10,12-13,18-21,29,46H,6-9,11,14-16H2,1-4H3,(H,40,48)(H,41,47)(H,42,43)/t18-,19+,20?,21?,29?. The Bertz CT molecular complexity index is 1720. The lowest BCUT2D eigenvalue weighted by Gasteiger charge is -2.52. The number of nitrogens with zero attached hydrogens (tertiary/aromatic N) is 3. The highest BCUT2D eigenvalue weighted by molar-refractivity contribution is 6.39. The minimum Gasteiger partial charge on any atom is -0.392 e. The topological polar surface area (TPSA) is 112 Å². The fraction of sp³-hybridized carbons (Fsp3) is 0.559. The Hall–Kier alpha value is -3.22. The third-order valence-corrected chi connectivity index (χ3v) is 10.9. The van der Waals surface area contributed by atoms with Crippen molar-refractivity contribution in [1.82, 2.24) is 20.2 Å². The largest absolute Gasteiger partial charge is 0.392 e. The van der Waals surface area contributed by atoms with Gasteiger partial charge in [0.25, 0.3) is 5.91 Å². The van der Waals surface area contributed by atoms with E-state index in [0.29, 0.717) is 57.1 Å². The van der Waals surface area contributed by atoms with E-state index in [2.05, 4.69) is 20.9 Å². The Morgan fingerprint density at radius 3 is 2.31 bits per heavy atom. The first-order valence-corrected chi connectivity index (χ1v) is 17.1. The first-order valence-electron chi connectivity index (χ1n) is 16.3. The van der Waals surface area contributed by atoms with E-state index < -0.39 is 17.5 Å². The molecule has 3 heterocycles. The van der Waals surface area contributed by atoms with Crippen LogP contribution in [0.2, 0.25) is 10.0 Å². The summed E-state index contributed by atoms with van der Waals surface area (Å²) in [7, 11) is 1.83. The highest BCUT2D eigenvalue weighted by Gasteiger charge is 2.46. The number of nitrogens with one attached hydrogen (secondary N) is 3. The number of rotatable bonds is 7. The molecule has 2 aromatic carbocycles. The molecule has 2 aliphatic heterocycles. The predicted molar refractivity (Wildman–Crippen MR) is 181 cm³/mol. The molecule has 1 unspecified atom stereocenters. The Labute approximate surface area is 287 Å². The number of benzene rings is 2. The van der Waals surface area contributed by atoms with Crippen molar-refractivity contribution >= 4 is 63.4 Å². The normalized spacial score (nSPS) is 24.3. The molecule has 3 aromatic rings. The number of anilines is 3. The fourth-order valence-corrected chi connectivity index (χ4v) is 7.60. The molecule has 2 bridgehead atoms. The van der Waals surface area contributed by atoms with Crippen LogP contribution in [0.5, 0.6) is 0 Å². The van der Waals surface area contributed by atoms with Gasteiger partial charge in [-0.25, -0.2) is 4.98 Å². The molecule has 260 valence electrons. The van der Waals surface area contributed by atoms with Crippen LogP contribution in [0.1, 0.15) is 68.8 Å². The summed E-state index contributed by atoms with van der Waals surface area (Å²) >= 11 is 13.4. The number of imidazole rings is 1. The number of piperidine rings is 2. The van der Waals surface area contributed by atoms with Gasteiger partial charge in [-0.2, -0.15) is 13.2 Å². The lowest BCUT2D eigenvalue weighted by Crippen LogP contribution is -2.58. The van der Waals surface area contributed by atoms with Crippen LogP contribution in [0.15, 0.2) is 24.3 Å². The molecule has 9 nitrogen and oxygen atoms in total. The molecule has 4 N–H and O–H groups in total. The molecule has 4 aliphatic rings. The number of hydrogen-bond donors (Lipinski definition) is 4. The molecule has 2 aliphatic carbocycles. The molecular formula is C34H41Cl2F3N6O3. The van der Waals surface area contributed by atoms with Crippen molar-refractivity contribution in [2.45, 2.75) is 77.7 Å². The first kappa shape index (κ1) is 34.6. The van der Waals surface area contributed by atoms with Gasteiger partial charge in [0.15, 0.2) is 0 Å². The van der Waals surface area contributed by atoms with Gasteiger partial charge >= 0.3 is 6.18 Å². The summed E-state index contributed by atoms with van der Waals surface area (Å²) in [5, 5.41) is 20.3. The number of halogens is 5. The van der Waals surface area contributed by atoms with Crippen LogP contribution in [0.25, 0.3) is 11.0 Å². The summed E-state index contributed by atoms with van der Waals surface area (Å²) in [4.78, 5) is 33.2. The van der Waals surface area contributed by atoms with Crippen molar-refractivity contribution in [3.63, 3.8) is 0 Å². The van der Waals surface area contributed by atoms with Crippen LogP contribution in [0.3, 0.4) is 0 Å². The van der Waals surface area contributed by atoms with Crippen molar-refractivity contribution in [1.29, 1.82) is 0 Å². The average Bonchev–Trinajstić information content (AvgIpc) is 3.34. The molecule has 14 heteroatoms. The zero-order valence-electron chi connectivity index (χ0n) is 27.3. The number of aromatic nitrogens is 2.